The van der Waals surface area contributed by atoms with Crippen molar-refractivity contribution >= 4 is 16.7 Å². The SMILES string of the molecule is C[C@]1(C(=O)O)OC[C@@H](Cc2ccc3cc(OCc4ccccc4)ccc3c2)CO1. The zero-order valence-electron chi connectivity index (χ0n) is 16.3. The summed E-state index contributed by atoms with van der Waals surface area (Å²) in [6.07, 6.45) is 0.776. The summed E-state index contributed by atoms with van der Waals surface area (Å²) in [5.74, 6) is -1.65. The Balaban J connectivity index is 1.39. The molecule has 1 aliphatic heterocycles. The molecule has 1 aliphatic rings. The van der Waals surface area contributed by atoms with Crippen molar-refractivity contribution in [3.05, 3.63) is 77.9 Å². The molecule has 0 atom stereocenters. The van der Waals surface area contributed by atoms with Gasteiger partial charge in [0.15, 0.2) is 0 Å². The lowest BCUT2D eigenvalue weighted by atomic mass is 9.97. The van der Waals surface area contributed by atoms with Gasteiger partial charge in [0.2, 0.25) is 0 Å². The predicted molar refractivity (Wildman–Crippen MR) is 110 cm³/mol. The van der Waals surface area contributed by atoms with Crippen LogP contribution < -0.4 is 4.74 Å². The maximum Gasteiger partial charge on any atom is 0.364 e. The molecule has 1 N–H and O–H groups in total. The number of ether oxygens (including phenoxy) is 3. The number of fused-ring (bicyclic) bond motifs is 1. The fourth-order valence-electron chi connectivity index (χ4n) is 3.45. The maximum absolute atomic E-state index is 11.2. The van der Waals surface area contributed by atoms with Crippen molar-refractivity contribution < 1.29 is 24.1 Å². The topological polar surface area (TPSA) is 65.0 Å². The van der Waals surface area contributed by atoms with Crippen LogP contribution in [0.2, 0.25) is 0 Å². The molecule has 3 aromatic carbocycles. The van der Waals surface area contributed by atoms with E-state index in [1.54, 1.807) is 0 Å². The average Bonchev–Trinajstić information content (AvgIpc) is 2.74. The number of aliphatic carboxylic acids is 1. The van der Waals surface area contributed by atoms with Gasteiger partial charge in [0.1, 0.15) is 12.4 Å². The number of rotatable bonds is 6. The third-order valence-electron chi connectivity index (χ3n) is 5.23. The Bertz CT molecular complexity index is 991. The van der Waals surface area contributed by atoms with E-state index in [1.165, 1.54) is 12.5 Å². The highest BCUT2D eigenvalue weighted by Gasteiger charge is 2.40. The van der Waals surface area contributed by atoms with Gasteiger partial charge in [-0.05, 0) is 40.5 Å². The molecule has 0 unspecified atom stereocenters. The molecule has 0 aromatic heterocycles. The molecule has 4 rings (SSSR count). The zero-order chi connectivity index (χ0) is 20.3. The molecule has 29 heavy (non-hydrogen) atoms. The number of benzene rings is 3. The molecule has 0 saturated carbocycles. The van der Waals surface area contributed by atoms with Crippen LogP contribution in [-0.2, 0) is 27.3 Å². The fraction of sp³-hybridized carbons (Fsp3) is 0.292. The first-order valence-electron chi connectivity index (χ1n) is 9.72. The Hall–Kier alpha value is -2.89. The molecule has 1 heterocycles. The maximum atomic E-state index is 11.2. The second kappa shape index (κ2) is 8.23. The summed E-state index contributed by atoms with van der Waals surface area (Å²) < 4.78 is 16.8. The van der Waals surface area contributed by atoms with Crippen molar-refractivity contribution in [2.75, 3.05) is 13.2 Å². The normalized spacial score (nSPS) is 21.8. The van der Waals surface area contributed by atoms with Crippen molar-refractivity contribution in [1.82, 2.24) is 0 Å². The van der Waals surface area contributed by atoms with Crippen LogP contribution in [-0.4, -0.2) is 30.1 Å². The van der Waals surface area contributed by atoms with Crippen LogP contribution in [0.3, 0.4) is 0 Å². The lowest BCUT2D eigenvalue weighted by molar-refractivity contribution is -0.270. The zero-order valence-corrected chi connectivity index (χ0v) is 16.3. The smallest absolute Gasteiger partial charge is 0.364 e. The van der Waals surface area contributed by atoms with Crippen molar-refractivity contribution in [2.45, 2.75) is 25.7 Å². The second-order valence-electron chi connectivity index (χ2n) is 7.56. The van der Waals surface area contributed by atoms with Crippen LogP contribution in [0.15, 0.2) is 66.7 Å². The molecule has 1 fully saturated rings. The van der Waals surface area contributed by atoms with Crippen LogP contribution in [0.4, 0.5) is 0 Å². The Morgan fingerprint density at radius 3 is 2.41 bits per heavy atom. The lowest BCUT2D eigenvalue weighted by Gasteiger charge is -2.34. The highest BCUT2D eigenvalue weighted by molar-refractivity contribution is 5.84. The second-order valence-corrected chi connectivity index (χ2v) is 7.56. The van der Waals surface area contributed by atoms with Crippen LogP contribution in [0.25, 0.3) is 10.8 Å². The van der Waals surface area contributed by atoms with Gasteiger partial charge in [-0.2, -0.15) is 0 Å². The van der Waals surface area contributed by atoms with Crippen molar-refractivity contribution in [3.63, 3.8) is 0 Å². The minimum absolute atomic E-state index is 0.133. The average molecular weight is 392 g/mol. The van der Waals surface area contributed by atoms with Crippen LogP contribution >= 0.6 is 0 Å². The summed E-state index contributed by atoms with van der Waals surface area (Å²) in [6, 6.07) is 22.5. The third-order valence-corrected chi connectivity index (χ3v) is 5.23. The van der Waals surface area contributed by atoms with Gasteiger partial charge in [0.05, 0.1) is 13.2 Å². The molecule has 0 aliphatic carbocycles. The Morgan fingerprint density at radius 2 is 1.69 bits per heavy atom. The summed E-state index contributed by atoms with van der Waals surface area (Å²) in [4.78, 5) is 11.2. The van der Waals surface area contributed by atoms with Gasteiger partial charge in [0, 0.05) is 12.8 Å². The Labute approximate surface area is 169 Å². The molecule has 0 amide bonds. The van der Waals surface area contributed by atoms with Crippen LogP contribution in [0.1, 0.15) is 18.1 Å². The van der Waals surface area contributed by atoms with Gasteiger partial charge in [-0.3, -0.25) is 0 Å². The molecular formula is C24H24O5. The summed E-state index contributed by atoms with van der Waals surface area (Å²) in [5.41, 5.74) is 2.31. The van der Waals surface area contributed by atoms with E-state index in [0.29, 0.717) is 19.8 Å². The molecular weight excluding hydrogens is 368 g/mol. The summed E-state index contributed by atoms with van der Waals surface area (Å²) in [6.45, 7) is 2.72. The third kappa shape index (κ3) is 4.58. The largest absolute Gasteiger partial charge is 0.489 e. The predicted octanol–water partition coefficient (Wildman–Crippen LogP) is 4.43. The minimum Gasteiger partial charge on any atom is -0.489 e. The van der Waals surface area contributed by atoms with E-state index < -0.39 is 11.8 Å². The van der Waals surface area contributed by atoms with Gasteiger partial charge in [0.25, 0.3) is 5.79 Å². The number of carboxylic acids is 1. The highest BCUT2D eigenvalue weighted by atomic mass is 16.7. The van der Waals surface area contributed by atoms with Gasteiger partial charge >= 0.3 is 5.97 Å². The molecule has 3 aromatic rings. The standard InChI is InChI=1S/C24H24O5/c1-24(23(25)26)28-15-19(16-29-24)11-18-7-8-21-13-22(10-9-20(21)12-18)27-14-17-5-3-2-4-6-17/h2-10,12-13,19H,11,14-16H2,1H3,(H,25,26)/t19-,24+. The van der Waals surface area contributed by atoms with Gasteiger partial charge in [-0.25, -0.2) is 4.79 Å². The van der Waals surface area contributed by atoms with Crippen molar-refractivity contribution in [3.8, 4) is 5.75 Å². The molecule has 5 nitrogen and oxygen atoms in total. The summed E-state index contributed by atoms with van der Waals surface area (Å²) in [5, 5.41) is 11.4. The van der Waals surface area contributed by atoms with Gasteiger partial charge < -0.3 is 19.3 Å². The molecule has 5 heteroatoms. The molecule has 0 spiro atoms. The molecule has 150 valence electrons. The summed E-state index contributed by atoms with van der Waals surface area (Å²) in [7, 11) is 0. The first kappa shape index (κ1) is 19.4. The molecule has 1 saturated heterocycles. The van der Waals surface area contributed by atoms with Crippen LogP contribution in [0, 0.1) is 5.92 Å². The molecule has 0 radical (unpaired) electrons. The van der Waals surface area contributed by atoms with Crippen molar-refractivity contribution in [1.29, 1.82) is 0 Å². The number of carboxylic acid groups (broad SMARTS) is 1. The first-order valence-corrected chi connectivity index (χ1v) is 9.72. The van der Waals surface area contributed by atoms with Crippen molar-refractivity contribution in [2.24, 2.45) is 5.92 Å². The van der Waals surface area contributed by atoms with E-state index in [-0.39, 0.29) is 5.92 Å². The molecule has 0 bridgehead atoms. The van der Waals surface area contributed by atoms with Crippen LogP contribution in [0.5, 0.6) is 5.75 Å². The monoisotopic (exact) mass is 392 g/mol. The fourth-order valence-corrected chi connectivity index (χ4v) is 3.45. The van der Waals surface area contributed by atoms with Gasteiger partial charge in [-0.1, -0.05) is 54.6 Å². The van der Waals surface area contributed by atoms with E-state index in [0.717, 1.165) is 28.5 Å². The van der Waals surface area contributed by atoms with Gasteiger partial charge in [-0.15, -0.1) is 0 Å². The first-order chi connectivity index (χ1) is 14.0. The number of carbonyl (C=O) groups is 1. The van der Waals surface area contributed by atoms with E-state index in [2.05, 4.69) is 24.3 Å². The Kier molecular flexibility index (Phi) is 5.51. The van der Waals surface area contributed by atoms with E-state index in [9.17, 15) is 4.79 Å². The van der Waals surface area contributed by atoms with E-state index in [1.807, 2.05) is 42.5 Å². The lowest BCUT2D eigenvalue weighted by Crippen LogP contribution is -2.48. The van der Waals surface area contributed by atoms with E-state index >= 15 is 0 Å². The number of hydrogen-bond acceptors (Lipinski definition) is 4. The minimum atomic E-state index is -1.53. The number of hydrogen-bond donors (Lipinski definition) is 1. The Morgan fingerprint density at radius 1 is 1.00 bits per heavy atom. The highest BCUT2D eigenvalue weighted by Crippen LogP contribution is 2.27. The van der Waals surface area contributed by atoms with E-state index in [4.69, 9.17) is 19.3 Å². The summed E-state index contributed by atoms with van der Waals surface area (Å²) >= 11 is 0. The quantitative estimate of drug-likeness (QED) is 0.672.